The Morgan fingerprint density at radius 3 is 2.68 bits per heavy atom. The van der Waals surface area contributed by atoms with Crippen LogP contribution in [0.3, 0.4) is 0 Å². The van der Waals surface area contributed by atoms with Crippen molar-refractivity contribution in [3.8, 4) is 11.3 Å². The lowest BCUT2D eigenvalue weighted by atomic mass is 10.1. The first-order valence-corrected chi connectivity index (χ1v) is 10.0. The molecule has 8 heteroatoms. The van der Waals surface area contributed by atoms with Crippen LogP contribution < -0.4 is 5.32 Å². The lowest BCUT2D eigenvalue weighted by molar-refractivity contribution is -0.137. The Morgan fingerprint density at radius 1 is 1.10 bits per heavy atom. The van der Waals surface area contributed by atoms with Gasteiger partial charge in [-0.3, -0.25) is 4.79 Å². The van der Waals surface area contributed by atoms with Crippen molar-refractivity contribution in [2.45, 2.75) is 44.2 Å². The Labute approximate surface area is 177 Å². The topological polar surface area (TPSA) is 64.4 Å². The molecule has 0 aliphatic heterocycles. The van der Waals surface area contributed by atoms with Crippen molar-refractivity contribution >= 4 is 5.91 Å². The Morgan fingerprint density at radius 2 is 1.90 bits per heavy atom. The number of aromatic nitrogens is 1. The van der Waals surface area contributed by atoms with Crippen LogP contribution >= 0.6 is 0 Å². The highest BCUT2D eigenvalue weighted by atomic mass is 19.4. The minimum absolute atomic E-state index is 0.0149. The molecule has 0 bridgehead atoms. The van der Waals surface area contributed by atoms with Crippen molar-refractivity contribution in [1.82, 2.24) is 10.5 Å². The maximum absolute atomic E-state index is 12.9. The van der Waals surface area contributed by atoms with Crippen LogP contribution in [0.1, 0.15) is 40.9 Å². The van der Waals surface area contributed by atoms with Crippen LogP contribution in [0.2, 0.25) is 0 Å². The molecule has 2 aromatic carbocycles. The molecule has 1 heterocycles. The van der Waals surface area contributed by atoms with Gasteiger partial charge in [-0.2, -0.15) is 13.2 Å². The Hall–Kier alpha value is -3.13. The van der Waals surface area contributed by atoms with Crippen molar-refractivity contribution in [3.63, 3.8) is 0 Å². The summed E-state index contributed by atoms with van der Waals surface area (Å²) in [5.41, 5.74) is 0.478. The number of hydrogen-bond donors (Lipinski definition) is 1. The number of amides is 1. The molecule has 2 atom stereocenters. The van der Waals surface area contributed by atoms with Gasteiger partial charge in [-0.05, 0) is 37.0 Å². The molecule has 0 unspecified atom stereocenters. The third-order valence-corrected chi connectivity index (χ3v) is 5.29. The van der Waals surface area contributed by atoms with Crippen LogP contribution in [0.5, 0.6) is 0 Å². The van der Waals surface area contributed by atoms with Gasteiger partial charge >= 0.3 is 6.18 Å². The number of hydrogen-bond acceptors (Lipinski definition) is 4. The van der Waals surface area contributed by atoms with Crippen LogP contribution in [0.4, 0.5) is 13.2 Å². The minimum Gasteiger partial charge on any atom is -0.371 e. The van der Waals surface area contributed by atoms with Gasteiger partial charge in [-0.25, -0.2) is 0 Å². The standard InChI is InChI=1S/C23H21F3N2O3/c24-23(25,26)17-9-4-8-16(12-17)21-13-19(28-31-21)22(29)27-18-10-5-11-20(18)30-14-15-6-2-1-3-7-15/h1-4,6-9,12-13,18,20H,5,10-11,14H2,(H,27,29)/t18-,20-/m0/s1. The second-order valence-electron chi connectivity index (χ2n) is 7.50. The van der Waals surface area contributed by atoms with Gasteiger partial charge in [0.2, 0.25) is 0 Å². The number of nitrogens with one attached hydrogen (secondary N) is 1. The molecule has 1 fully saturated rings. The normalized spacial score (nSPS) is 18.8. The fraction of sp³-hybridized carbons (Fsp3) is 0.304. The van der Waals surface area contributed by atoms with Gasteiger partial charge in [0.1, 0.15) is 0 Å². The van der Waals surface area contributed by atoms with E-state index in [1.807, 2.05) is 30.3 Å². The van der Waals surface area contributed by atoms with E-state index >= 15 is 0 Å². The lowest BCUT2D eigenvalue weighted by Gasteiger charge is -2.21. The number of nitrogens with zero attached hydrogens (tertiary/aromatic N) is 1. The summed E-state index contributed by atoms with van der Waals surface area (Å²) in [5, 5.41) is 6.65. The average molecular weight is 430 g/mol. The van der Waals surface area contributed by atoms with E-state index in [0.29, 0.717) is 6.61 Å². The van der Waals surface area contributed by atoms with Crippen molar-refractivity contribution in [2.75, 3.05) is 0 Å². The van der Waals surface area contributed by atoms with Gasteiger partial charge in [0.15, 0.2) is 11.5 Å². The van der Waals surface area contributed by atoms with Gasteiger partial charge in [0.05, 0.1) is 24.3 Å². The molecule has 0 spiro atoms. The first-order valence-electron chi connectivity index (χ1n) is 10.0. The molecule has 1 aliphatic carbocycles. The van der Waals surface area contributed by atoms with E-state index in [1.165, 1.54) is 18.2 Å². The SMILES string of the molecule is O=C(N[C@H]1CCC[C@@H]1OCc1ccccc1)c1cc(-c2cccc(C(F)(F)F)c2)on1. The Kier molecular flexibility index (Phi) is 6.08. The van der Waals surface area contributed by atoms with Crippen molar-refractivity contribution in [2.24, 2.45) is 0 Å². The molecular formula is C23H21F3N2O3. The smallest absolute Gasteiger partial charge is 0.371 e. The van der Waals surface area contributed by atoms with Gasteiger partial charge in [0.25, 0.3) is 5.91 Å². The highest BCUT2D eigenvalue weighted by molar-refractivity contribution is 5.93. The highest BCUT2D eigenvalue weighted by Gasteiger charge is 2.32. The molecule has 0 radical (unpaired) electrons. The summed E-state index contributed by atoms with van der Waals surface area (Å²) in [6, 6.07) is 15.7. The summed E-state index contributed by atoms with van der Waals surface area (Å²) >= 11 is 0. The van der Waals surface area contributed by atoms with Crippen LogP contribution in [-0.4, -0.2) is 23.2 Å². The predicted octanol–water partition coefficient (Wildman–Crippen LogP) is 5.23. The molecule has 1 aromatic heterocycles. The molecule has 162 valence electrons. The number of carbonyl (C=O) groups excluding carboxylic acids is 1. The largest absolute Gasteiger partial charge is 0.416 e. The molecule has 1 aliphatic rings. The first kappa shape index (κ1) is 21.1. The summed E-state index contributed by atoms with van der Waals surface area (Å²) in [7, 11) is 0. The zero-order chi connectivity index (χ0) is 21.8. The molecule has 1 saturated carbocycles. The van der Waals surface area contributed by atoms with Crippen LogP contribution in [0.25, 0.3) is 11.3 Å². The number of ether oxygens (including phenoxy) is 1. The molecule has 3 aromatic rings. The van der Waals surface area contributed by atoms with E-state index < -0.39 is 17.6 Å². The van der Waals surface area contributed by atoms with Crippen LogP contribution in [0, 0.1) is 0 Å². The Balaban J connectivity index is 1.39. The van der Waals surface area contributed by atoms with E-state index in [0.717, 1.165) is 37.0 Å². The van der Waals surface area contributed by atoms with Crippen LogP contribution in [-0.2, 0) is 17.5 Å². The van der Waals surface area contributed by atoms with E-state index in [1.54, 1.807) is 0 Å². The number of alkyl halides is 3. The van der Waals surface area contributed by atoms with E-state index in [-0.39, 0.29) is 29.2 Å². The number of rotatable bonds is 6. The summed E-state index contributed by atoms with van der Waals surface area (Å²) in [6.45, 7) is 0.460. The zero-order valence-electron chi connectivity index (χ0n) is 16.6. The fourth-order valence-electron chi connectivity index (χ4n) is 3.68. The maximum atomic E-state index is 12.9. The summed E-state index contributed by atoms with van der Waals surface area (Å²) in [6.07, 6.45) is -2.03. The second kappa shape index (κ2) is 8.93. The molecule has 5 nitrogen and oxygen atoms in total. The molecule has 31 heavy (non-hydrogen) atoms. The number of benzene rings is 2. The van der Waals surface area contributed by atoms with Crippen molar-refractivity contribution in [3.05, 3.63) is 77.5 Å². The van der Waals surface area contributed by atoms with Crippen molar-refractivity contribution in [1.29, 1.82) is 0 Å². The molecule has 4 rings (SSSR count). The van der Waals surface area contributed by atoms with Crippen LogP contribution in [0.15, 0.2) is 65.2 Å². The maximum Gasteiger partial charge on any atom is 0.416 e. The summed E-state index contributed by atoms with van der Waals surface area (Å²) in [4.78, 5) is 12.6. The summed E-state index contributed by atoms with van der Waals surface area (Å²) in [5.74, 6) is -0.346. The quantitative estimate of drug-likeness (QED) is 0.582. The monoisotopic (exact) mass is 430 g/mol. The predicted molar refractivity (Wildman–Crippen MR) is 107 cm³/mol. The van der Waals surface area contributed by atoms with Gasteiger partial charge in [-0.1, -0.05) is 47.6 Å². The fourth-order valence-corrected chi connectivity index (χ4v) is 3.68. The Bertz CT molecular complexity index is 1030. The first-order chi connectivity index (χ1) is 14.9. The minimum atomic E-state index is -4.46. The molecule has 1 N–H and O–H groups in total. The molecule has 1 amide bonds. The lowest BCUT2D eigenvalue weighted by Crippen LogP contribution is -2.41. The van der Waals surface area contributed by atoms with Gasteiger partial charge in [0, 0.05) is 11.6 Å². The number of halogens is 3. The van der Waals surface area contributed by atoms with Gasteiger partial charge < -0.3 is 14.6 Å². The van der Waals surface area contributed by atoms with Crippen molar-refractivity contribution < 1.29 is 27.2 Å². The third kappa shape index (κ3) is 5.14. The second-order valence-corrected chi connectivity index (χ2v) is 7.50. The van der Waals surface area contributed by atoms with E-state index in [4.69, 9.17) is 9.26 Å². The zero-order valence-corrected chi connectivity index (χ0v) is 16.6. The van der Waals surface area contributed by atoms with Gasteiger partial charge in [-0.15, -0.1) is 0 Å². The summed E-state index contributed by atoms with van der Waals surface area (Å²) < 4.78 is 49.9. The van der Waals surface area contributed by atoms with E-state index in [2.05, 4.69) is 10.5 Å². The molecule has 0 saturated heterocycles. The number of carbonyl (C=O) groups is 1. The average Bonchev–Trinajstić information content (AvgIpc) is 3.42. The third-order valence-electron chi connectivity index (χ3n) is 5.29. The molecular weight excluding hydrogens is 409 g/mol. The highest BCUT2D eigenvalue weighted by Crippen LogP contribution is 2.32. The van der Waals surface area contributed by atoms with E-state index in [9.17, 15) is 18.0 Å².